The lowest BCUT2D eigenvalue weighted by Crippen LogP contribution is -1.82. The molecule has 0 bridgehead atoms. The first-order chi connectivity index (χ1) is 7.83. The summed E-state index contributed by atoms with van der Waals surface area (Å²) in [6.45, 7) is 0. The van der Waals surface area contributed by atoms with Crippen molar-refractivity contribution in [3.05, 3.63) is 46.4 Å². The number of hydrogen-bond acceptors (Lipinski definition) is 3. The second kappa shape index (κ2) is 3.85. The van der Waals surface area contributed by atoms with E-state index < -0.39 is 0 Å². The first kappa shape index (κ1) is 9.75. The van der Waals surface area contributed by atoms with E-state index in [1.54, 1.807) is 17.4 Å². The van der Waals surface area contributed by atoms with Crippen LogP contribution in [0.25, 0.3) is 22.2 Å². The van der Waals surface area contributed by atoms with Crippen LogP contribution in [0.4, 0.5) is 0 Å². The van der Waals surface area contributed by atoms with Crippen molar-refractivity contribution in [3.8, 4) is 11.3 Å². The number of aromatic nitrogens is 2. The molecule has 0 spiro atoms. The number of fused-ring (bicyclic) bond motifs is 1. The molecule has 3 aromatic rings. The van der Waals surface area contributed by atoms with Gasteiger partial charge in [-0.3, -0.25) is 0 Å². The zero-order valence-corrected chi connectivity index (χ0v) is 9.79. The molecule has 0 aliphatic rings. The predicted molar refractivity (Wildman–Crippen MR) is 67.9 cm³/mol. The minimum atomic E-state index is 0.522. The Morgan fingerprint density at radius 2 is 2.06 bits per heavy atom. The highest BCUT2D eigenvalue weighted by molar-refractivity contribution is 7.07. The molecule has 1 aromatic carbocycles. The second-order valence-electron chi connectivity index (χ2n) is 3.42. The van der Waals surface area contributed by atoms with Crippen molar-refractivity contribution in [2.75, 3.05) is 0 Å². The molecule has 0 saturated carbocycles. The van der Waals surface area contributed by atoms with Gasteiger partial charge in [0.2, 0.25) is 0 Å². The molecule has 0 aliphatic carbocycles. The molecule has 0 N–H and O–H groups in total. The Hall–Kier alpha value is -1.45. The summed E-state index contributed by atoms with van der Waals surface area (Å²) in [6, 6.07) is 9.83. The van der Waals surface area contributed by atoms with Crippen LogP contribution in [0.2, 0.25) is 5.15 Å². The number of pyridine rings is 1. The van der Waals surface area contributed by atoms with E-state index >= 15 is 0 Å². The van der Waals surface area contributed by atoms with Gasteiger partial charge in [0.15, 0.2) is 0 Å². The lowest BCUT2D eigenvalue weighted by Gasteiger charge is -2.00. The predicted octanol–water partition coefficient (Wildman–Crippen LogP) is 4.01. The van der Waals surface area contributed by atoms with Crippen molar-refractivity contribution in [3.63, 3.8) is 0 Å². The molecule has 0 atom stereocenters. The van der Waals surface area contributed by atoms with E-state index in [0.717, 1.165) is 22.2 Å². The highest BCUT2D eigenvalue weighted by Crippen LogP contribution is 2.24. The molecule has 0 unspecified atom stereocenters. The van der Waals surface area contributed by atoms with Crippen molar-refractivity contribution in [2.24, 2.45) is 0 Å². The first-order valence-electron chi connectivity index (χ1n) is 4.78. The van der Waals surface area contributed by atoms with Gasteiger partial charge >= 0.3 is 0 Å². The first-order valence-corrected chi connectivity index (χ1v) is 6.10. The minimum Gasteiger partial charge on any atom is -0.245 e. The maximum Gasteiger partial charge on any atom is 0.129 e. The zero-order chi connectivity index (χ0) is 11.0. The third-order valence-corrected chi connectivity index (χ3v) is 3.18. The molecule has 3 rings (SSSR count). The summed E-state index contributed by atoms with van der Waals surface area (Å²) in [4.78, 5) is 8.53. The van der Waals surface area contributed by atoms with Crippen LogP contribution in [0, 0.1) is 0 Å². The average Bonchev–Trinajstić information content (AvgIpc) is 2.82. The molecule has 2 aromatic heterocycles. The number of halogens is 1. The smallest absolute Gasteiger partial charge is 0.129 e. The molecule has 4 heteroatoms. The van der Waals surface area contributed by atoms with Crippen LogP contribution in [-0.4, -0.2) is 9.97 Å². The third-order valence-electron chi connectivity index (χ3n) is 2.38. The van der Waals surface area contributed by atoms with Crippen molar-refractivity contribution in [2.45, 2.75) is 0 Å². The highest BCUT2D eigenvalue weighted by Gasteiger charge is 2.02. The SMILES string of the molecule is Clc1ccc2cc(-c3cscn3)ccc2n1. The average molecular weight is 247 g/mol. The summed E-state index contributed by atoms with van der Waals surface area (Å²) in [7, 11) is 0. The zero-order valence-electron chi connectivity index (χ0n) is 8.22. The molecule has 2 heterocycles. The Bertz CT molecular complexity index is 635. The van der Waals surface area contributed by atoms with Crippen LogP contribution in [0.5, 0.6) is 0 Å². The van der Waals surface area contributed by atoms with E-state index in [0.29, 0.717) is 5.15 Å². The molecular formula is C12H7ClN2S. The fourth-order valence-corrected chi connectivity index (χ4v) is 2.33. The number of thiazole rings is 1. The maximum atomic E-state index is 5.84. The summed E-state index contributed by atoms with van der Waals surface area (Å²) >= 11 is 7.43. The summed E-state index contributed by atoms with van der Waals surface area (Å²) in [6.07, 6.45) is 0. The Labute approximate surface area is 102 Å². The van der Waals surface area contributed by atoms with Crippen LogP contribution in [0.1, 0.15) is 0 Å². The van der Waals surface area contributed by atoms with Gasteiger partial charge in [-0.05, 0) is 24.3 Å². The van der Waals surface area contributed by atoms with E-state index in [9.17, 15) is 0 Å². The Morgan fingerprint density at radius 1 is 1.12 bits per heavy atom. The summed E-state index contributed by atoms with van der Waals surface area (Å²) in [5.41, 5.74) is 4.85. The standard InChI is InChI=1S/C12H7ClN2S/c13-12-4-2-8-5-9(1-3-10(8)15-12)11-6-16-7-14-11/h1-7H. The van der Waals surface area contributed by atoms with Gasteiger partial charge in [0.25, 0.3) is 0 Å². The normalized spacial score (nSPS) is 10.8. The van der Waals surface area contributed by atoms with Crippen LogP contribution < -0.4 is 0 Å². The Morgan fingerprint density at radius 3 is 2.88 bits per heavy atom. The van der Waals surface area contributed by atoms with Gasteiger partial charge in [-0.25, -0.2) is 9.97 Å². The van der Waals surface area contributed by atoms with Crippen LogP contribution in [-0.2, 0) is 0 Å². The van der Waals surface area contributed by atoms with E-state index in [1.165, 1.54) is 0 Å². The molecule has 0 amide bonds. The molecule has 0 radical (unpaired) electrons. The minimum absolute atomic E-state index is 0.522. The topological polar surface area (TPSA) is 25.8 Å². The number of benzene rings is 1. The van der Waals surface area contributed by atoms with Gasteiger partial charge in [0, 0.05) is 16.3 Å². The lowest BCUT2D eigenvalue weighted by atomic mass is 10.1. The second-order valence-corrected chi connectivity index (χ2v) is 4.52. The van der Waals surface area contributed by atoms with Gasteiger partial charge in [-0.15, -0.1) is 11.3 Å². The fraction of sp³-hybridized carbons (Fsp3) is 0. The molecule has 0 saturated heterocycles. The summed E-state index contributed by atoms with van der Waals surface area (Å²) in [5.74, 6) is 0. The molecule has 2 nitrogen and oxygen atoms in total. The fourth-order valence-electron chi connectivity index (χ4n) is 1.62. The van der Waals surface area contributed by atoms with Gasteiger partial charge in [-0.2, -0.15) is 0 Å². The quantitative estimate of drug-likeness (QED) is 0.607. The van der Waals surface area contributed by atoms with Gasteiger partial charge < -0.3 is 0 Å². The lowest BCUT2D eigenvalue weighted by molar-refractivity contribution is 1.39. The van der Waals surface area contributed by atoms with Gasteiger partial charge in [0.05, 0.1) is 16.7 Å². The molecule has 0 fully saturated rings. The third kappa shape index (κ3) is 1.68. The molecule has 78 valence electrons. The maximum absolute atomic E-state index is 5.84. The van der Waals surface area contributed by atoms with E-state index in [1.807, 2.05) is 29.1 Å². The number of nitrogens with zero attached hydrogens (tertiary/aromatic N) is 2. The van der Waals surface area contributed by atoms with E-state index in [4.69, 9.17) is 11.6 Å². The monoisotopic (exact) mass is 246 g/mol. The van der Waals surface area contributed by atoms with E-state index in [-0.39, 0.29) is 0 Å². The Balaban J connectivity index is 2.20. The van der Waals surface area contributed by atoms with Crippen molar-refractivity contribution < 1.29 is 0 Å². The van der Waals surface area contributed by atoms with Crippen LogP contribution in [0.15, 0.2) is 41.2 Å². The van der Waals surface area contributed by atoms with Crippen LogP contribution >= 0.6 is 22.9 Å². The summed E-state index contributed by atoms with van der Waals surface area (Å²) < 4.78 is 0. The van der Waals surface area contributed by atoms with Crippen molar-refractivity contribution >= 4 is 33.8 Å². The molecule has 16 heavy (non-hydrogen) atoms. The van der Waals surface area contributed by atoms with Crippen molar-refractivity contribution in [1.82, 2.24) is 9.97 Å². The molecule has 0 aliphatic heterocycles. The Kier molecular flexibility index (Phi) is 2.35. The largest absolute Gasteiger partial charge is 0.245 e. The number of hydrogen-bond donors (Lipinski definition) is 0. The van der Waals surface area contributed by atoms with Gasteiger partial charge in [0.1, 0.15) is 5.15 Å². The van der Waals surface area contributed by atoms with E-state index in [2.05, 4.69) is 16.0 Å². The summed E-state index contributed by atoms with van der Waals surface area (Å²) in [5, 5.41) is 3.63. The number of rotatable bonds is 1. The highest BCUT2D eigenvalue weighted by atomic mass is 35.5. The van der Waals surface area contributed by atoms with Crippen LogP contribution in [0.3, 0.4) is 0 Å². The van der Waals surface area contributed by atoms with Gasteiger partial charge in [-0.1, -0.05) is 17.7 Å². The molecular weight excluding hydrogens is 240 g/mol. The van der Waals surface area contributed by atoms with Crippen molar-refractivity contribution in [1.29, 1.82) is 0 Å².